The molecule has 2 aromatic rings. The van der Waals surface area contributed by atoms with Crippen molar-refractivity contribution in [2.24, 2.45) is 0 Å². The maximum atomic E-state index is 12.8. The molecule has 0 atom stereocenters. The quantitative estimate of drug-likeness (QED) is 0.422. The molecule has 6 heteroatoms. The van der Waals surface area contributed by atoms with Crippen LogP contribution in [0.15, 0.2) is 36.4 Å². The summed E-state index contributed by atoms with van der Waals surface area (Å²) in [5.41, 5.74) is -0.857. The van der Waals surface area contributed by atoms with E-state index in [1.165, 1.54) is 6.08 Å². The molecule has 4 N–H and O–H groups in total. The molecule has 0 spiro atoms. The van der Waals surface area contributed by atoms with Crippen LogP contribution in [0.5, 0.6) is 23.0 Å². The number of allylic oxidation sites excluding steroid dienone is 2. The van der Waals surface area contributed by atoms with Gasteiger partial charge in [0.1, 0.15) is 23.0 Å². The minimum Gasteiger partial charge on any atom is -0.507 e. The number of fused-ring (bicyclic) bond motifs is 2. The zero-order valence-electron chi connectivity index (χ0n) is 13.2. The lowest BCUT2D eigenvalue weighted by Crippen LogP contribution is -2.22. The molecule has 0 amide bonds. The topological polar surface area (TPSA) is 115 Å². The number of hydrogen-bond donors (Lipinski definition) is 4. The molecule has 0 heterocycles. The molecule has 1 aliphatic rings. The van der Waals surface area contributed by atoms with Crippen LogP contribution in [0, 0.1) is 0 Å². The van der Waals surface area contributed by atoms with E-state index in [-0.39, 0.29) is 5.56 Å². The summed E-state index contributed by atoms with van der Waals surface area (Å²) < 4.78 is 0. The third-order valence-corrected chi connectivity index (χ3v) is 3.93. The second-order valence-corrected chi connectivity index (χ2v) is 5.78. The lowest BCUT2D eigenvalue weighted by atomic mass is 9.81. The van der Waals surface area contributed by atoms with Gasteiger partial charge < -0.3 is 20.4 Å². The molecule has 1 aliphatic carbocycles. The molecule has 6 nitrogen and oxygen atoms in total. The van der Waals surface area contributed by atoms with Crippen molar-refractivity contribution in [3.05, 3.63) is 64.2 Å². The predicted octanol–water partition coefficient (Wildman–Crippen LogP) is 2.87. The molecule has 25 heavy (non-hydrogen) atoms. The summed E-state index contributed by atoms with van der Waals surface area (Å²) in [6, 6.07) is 3.29. The molecular weight excluding hydrogens is 324 g/mol. The monoisotopic (exact) mass is 338 g/mol. The van der Waals surface area contributed by atoms with Crippen LogP contribution >= 0.6 is 0 Å². The second-order valence-electron chi connectivity index (χ2n) is 5.78. The fourth-order valence-corrected chi connectivity index (χ4v) is 2.78. The summed E-state index contributed by atoms with van der Waals surface area (Å²) in [5, 5.41) is 40.5. The van der Waals surface area contributed by atoms with Crippen LogP contribution in [0.25, 0.3) is 6.08 Å². The zero-order chi connectivity index (χ0) is 18.5. The first-order valence-corrected chi connectivity index (χ1v) is 7.30. The Morgan fingerprint density at radius 2 is 1.36 bits per heavy atom. The number of aromatic hydroxyl groups is 4. The van der Waals surface area contributed by atoms with E-state index in [1.54, 1.807) is 13.0 Å². The van der Waals surface area contributed by atoms with E-state index in [9.17, 15) is 30.0 Å². The van der Waals surface area contributed by atoms with Crippen LogP contribution in [-0.4, -0.2) is 32.0 Å². The summed E-state index contributed by atoms with van der Waals surface area (Å²) >= 11 is 0. The van der Waals surface area contributed by atoms with Crippen LogP contribution in [0.4, 0.5) is 0 Å². The minimum atomic E-state index is -0.864. The van der Waals surface area contributed by atoms with Crippen molar-refractivity contribution in [2.75, 3.05) is 0 Å². The van der Waals surface area contributed by atoms with Crippen molar-refractivity contribution in [2.45, 2.75) is 6.92 Å². The Morgan fingerprint density at radius 3 is 1.88 bits per heavy atom. The van der Waals surface area contributed by atoms with E-state index in [4.69, 9.17) is 0 Å². The maximum Gasteiger partial charge on any atom is 0.202 e. The largest absolute Gasteiger partial charge is 0.507 e. The van der Waals surface area contributed by atoms with Gasteiger partial charge in [0, 0.05) is 5.56 Å². The van der Waals surface area contributed by atoms with Crippen LogP contribution in [0.2, 0.25) is 0 Å². The van der Waals surface area contributed by atoms with Gasteiger partial charge in [-0.05, 0) is 25.1 Å². The van der Waals surface area contributed by atoms with Crippen LogP contribution in [-0.2, 0) is 0 Å². The summed E-state index contributed by atoms with van der Waals surface area (Å²) in [7, 11) is 0. The van der Waals surface area contributed by atoms with Crippen molar-refractivity contribution in [3.8, 4) is 23.0 Å². The molecule has 0 fully saturated rings. The number of rotatable bonds is 2. The van der Waals surface area contributed by atoms with Gasteiger partial charge in [0.2, 0.25) is 11.6 Å². The van der Waals surface area contributed by atoms with Gasteiger partial charge in [0.05, 0.1) is 22.3 Å². The Hall–Kier alpha value is -3.54. The molecule has 0 aromatic heterocycles. The summed E-state index contributed by atoms with van der Waals surface area (Å²) in [5.74, 6) is -3.74. The molecule has 0 aliphatic heterocycles. The third kappa shape index (κ3) is 2.35. The van der Waals surface area contributed by atoms with Gasteiger partial charge in [0.25, 0.3) is 0 Å². The van der Waals surface area contributed by atoms with Gasteiger partial charge in [-0.15, -0.1) is 0 Å². The average molecular weight is 338 g/mol. The van der Waals surface area contributed by atoms with E-state index in [0.717, 1.165) is 18.2 Å². The Balaban J connectivity index is 2.35. The van der Waals surface area contributed by atoms with E-state index < -0.39 is 56.8 Å². The van der Waals surface area contributed by atoms with Gasteiger partial charge in [-0.2, -0.15) is 0 Å². The summed E-state index contributed by atoms with van der Waals surface area (Å²) in [4.78, 5) is 25.4. The van der Waals surface area contributed by atoms with Crippen molar-refractivity contribution < 1.29 is 30.0 Å². The lowest BCUT2D eigenvalue weighted by Gasteiger charge is -2.21. The molecule has 0 bridgehead atoms. The first kappa shape index (κ1) is 16.3. The smallest absolute Gasteiger partial charge is 0.202 e. The number of carbonyl (C=O) groups is 2. The average Bonchev–Trinajstić information content (AvgIpc) is 2.54. The molecule has 3 rings (SSSR count). The van der Waals surface area contributed by atoms with Crippen molar-refractivity contribution in [1.29, 1.82) is 0 Å². The fourth-order valence-electron chi connectivity index (χ4n) is 2.78. The molecule has 2 aromatic carbocycles. The van der Waals surface area contributed by atoms with E-state index in [0.29, 0.717) is 5.57 Å². The second kappa shape index (κ2) is 5.52. The normalized spacial score (nSPS) is 13.0. The zero-order valence-corrected chi connectivity index (χ0v) is 13.2. The number of phenols is 4. The predicted molar refractivity (Wildman–Crippen MR) is 90.3 cm³/mol. The van der Waals surface area contributed by atoms with Gasteiger partial charge in [-0.1, -0.05) is 24.3 Å². The van der Waals surface area contributed by atoms with Crippen molar-refractivity contribution in [3.63, 3.8) is 0 Å². The number of carbonyl (C=O) groups excluding carboxylic acids is 2. The standard InChI is InChI=1S/C19H14O6/c1-8(2)3-4-9-7-12(22)15-16(17(9)23)19(25)14-11(21)6-5-10(20)13(14)18(15)24/h3-7,20-23H,1H2,2H3. The Labute approximate surface area is 142 Å². The summed E-state index contributed by atoms with van der Waals surface area (Å²) in [6.07, 6.45) is 3.00. The van der Waals surface area contributed by atoms with Crippen molar-refractivity contribution >= 4 is 17.6 Å². The van der Waals surface area contributed by atoms with E-state index in [1.807, 2.05) is 0 Å². The highest BCUT2D eigenvalue weighted by molar-refractivity contribution is 6.32. The van der Waals surface area contributed by atoms with Crippen molar-refractivity contribution in [1.82, 2.24) is 0 Å². The number of hydrogen-bond acceptors (Lipinski definition) is 6. The highest BCUT2D eigenvalue weighted by atomic mass is 16.3. The SMILES string of the molecule is C=C(C)C=Cc1cc(O)c2c(c1O)C(=O)c1c(O)ccc(O)c1C2=O. The Morgan fingerprint density at radius 1 is 0.880 bits per heavy atom. The van der Waals surface area contributed by atoms with Gasteiger partial charge in [0.15, 0.2) is 0 Å². The molecular formula is C19H14O6. The number of benzene rings is 2. The number of phenolic OH excluding ortho intramolecular Hbond substituents is 4. The highest BCUT2D eigenvalue weighted by Gasteiger charge is 2.38. The van der Waals surface area contributed by atoms with Crippen LogP contribution in [0.3, 0.4) is 0 Å². The van der Waals surface area contributed by atoms with Gasteiger partial charge >= 0.3 is 0 Å². The fraction of sp³-hybridized carbons (Fsp3) is 0.0526. The summed E-state index contributed by atoms with van der Waals surface area (Å²) in [6.45, 7) is 5.39. The van der Waals surface area contributed by atoms with Crippen LogP contribution in [0.1, 0.15) is 44.3 Å². The Kier molecular flexibility index (Phi) is 3.60. The minimum absolute atomic E-state index is 0.114. The van der Waals surface area contributed by atoms with Gasteiger partial charge in [-0.3, -0.25) is 9.59 Å². The molecule has 0 saturated heterocycles. The Bertz CT molecular complexity index is 998. The molecule has 0 radical (unpaired) electrons. The first-order valence-electron chi connectivity index (χ1n) is 7.30. The third-order valence-electron chi connectivity index (χ3n) is 3.93. The first-order chi connectivity index (χ1) is 11.7. The van der Waals surface area contributed by atoms with Gasteiger partial charge in [-0.25, -0.2) is 0 Å². The lowest BCUT2D eigenvalue weighted by molar-refractivity contribution is 0.0969. The molecule has 0 saturated carbocycles. The maximum absolute atomic E-state index is 12.8. The van der Waals surface area contributed by atoms with E-state index in [2.05, 4.69) is 6.58 Å². The molecule has 126 valence electrons. The molecule has 0 unspecified atom stereocenters. The van der Waals surface area contributed by atoms with Crippen LogP contribution < -0.4 is 0 Å². The highest BCUT2D eigenvalue weighted by Crippen LogP contribution is 2.44. The van der Waals surface area contributed by atoms with E-state index >= 15 is 0 Å². The number of ketones is 2.